The molecule has 0 saturated carbocycles. The Morgan fingerprint density at radius 1 is 1.07 bits per heavy atom. The lowest BCUT2D eigenvalue weighted by Gasteiger charge is -2.15. The minimum Gasteiger partial charge on any atom is -0.268 e. The predicted molar refractivity (Wildman–Crippen MR) is 126 cm³/mol. The highest BCUT2D eigenvalue weighted by Crippen LogP contribution is 2.40. The number of pyridine rings is 1. The van der Waals surface area contributed by atoms with Crippen molar-refractivity contribution in [3.8, 4) is 0 Å². The third-order valence-corrected chi connectivity index (χ3v) is 6.48. The molecule has 1 fully saturated rings. The second kappa shape index (κ2) is 8.46. The zero-order chi connectivity index (χ0) is 21.3. The molecule has 0 atom stereocenters. The van der Waals surface area contributed by atoms with Crippen LogP contribution in [-0.4, -0.2) is 16.1 Å². The number of carbonyl (C=O) groups is 1. The maximum atomic E-state index is 13.5. The fraction of sp³-hybridized carbons (Fsp3) is 0.125. The molecule has 0 bridgehead atoms. The summed E-state index contributed by atoms with van der Waals surface area (Å²) < 4.78 is 0. The first-order valence-electron chi connectivity index (χ1n) is 9.50. The summed E-state index contributed by atoms with van der Waals surface area (Å²) in [6.07, 6.45) is 3.18. The fourth-order valence-electron chi connectivity index (χ4n) is 3.15. The number of aryl methyl sites for hydroxylation is 2. The Kier molecular flexibility index (Phi) is 5.75. The SMILES string of the molecule is C/C(=C1/SC(=Nc2ccncc2Cl)N(c2ccccc2)C1=O)c1ccc(C)c(C)c1. The van der Waals surface area contributed by atoms with Gasteiger partial charge in [0.05, 0.1) is 21.3 Å². The van der Waals surface area contributed by atoms with Crippen LogP contribution in [-0.2, 0) is 4.79 Å². The van der Waals surface area contributed by atoms with Crippen LogP contribution >= 0.6 is 23.4 Å². The van der Waals surface area contributed by atoms with Gasteiger partial charge in [0, 0.05) is 12.4 Å². The molecule has 1 aliphatic rings. The van der Waals surface area contributed by atoms with Crippen molar-refractivity contribution in [1.29, 1.82) is 0 Å². The molecule has 4 rings (SSSR count). The number of aliphatic imine (C=N–C) groups is 1. The maximum Gasteiger partial charge on any atom is 0.271 e. The second-order valence-corrected chi connectivity index (χ2v) is 8.44. The van der Waals surface area contributed by atoms with Crippen LogP contribution in [0.1, 0.15) is 23.6 Å². The summed E-state index contributed by atoms with van der Waals surface area (Å²) in [4.78, 5) is 24.5. The summed E-state index contributed by atoms with van der Waals surface area (Å²) in [6, 6.07) is 17.5. The van der Waals surface area contributed by atoms with E-state index in [1.807, 2.05) is 37.3 Å². The summed E-state index contributed by atoms with van der Waals surface area (Å²) in [6.45, 7) is 6.14. The van der Waals surface area contributed by atoms with E-state index >= 15 is 0 Å². The van der Waals surface area contributed by atoms with Crippen LogP contribution in [0.25, 0.3) is 5.57 Å². The molecule has 0 N–H and O–H groups in total. The van der Waals surface area contributed by atoms with E-state index in [4.69, 9.17) is 16.6 Å². The Morgan fingerprint density at radius 3 is 2.53 bits per heavy atom. The van der Waals surface area contributed by atoms with Crippen molar-refractivity contribution in [3.63, 3.8) is 0 Å². The van der Waals surface area contributed by atoms with Crippen LogP contribution in [0.3, 0.4) is 0 Å². The molecule has 30 heavy (non-hydrogen) atoms. The van der Waals surface area contributed by atoms with E-state index in [9.17, 15) is 4.79 Å². The number of benzene rings is 2. The molecule has 0 aliphatic carbocycles. The van der Waals surface area contributed by atoms with E-state index in [0.29, 0.717) is 20.8 Å². The van der Waals surface area contributed by atoms with Gasteiger partial charge < -0.3 is 0 Å². The molecule has 150 valence electrons. The maximum absolute atomic E-state index is 13.5. The smallest absolute Gasteiger partial charge is 0.268 e. The number of hydrogen-bond donors (Lipinski definition) is 0. The van der Waals surface area contributed by atoms with Gasteiger partial charge in [-0.1, -0.05) is 48.0 Å². The molecule has 0 spiro atoms. The minimum absolute atomic E-state index is 0.0918. The zero-order valence-corrected chi connectivity index (χ0v) is 18.5. The highest BCUT2D eigenvalue weighted by molar-refractivity contribution is 8.19. The van der Waals surface area contributed by atoms with Crippen molar-refractivity contribution in [1.82, 2.24) is 4.98 Å². The van der Waals surface area contributed by atoms with E-state index in [-0.39, 0.29) is 5.91 Å². The predicted octanol–water partition coefficient (Wildman–Crippen LogP) is 6.55. The van der Waals surface area contributed by atoms with Crippen molar-refractivity contribution in [2.45, 2.75) is 20.8 Å². The first kappa shape index (κ1) is 20.4. The molecule has 2 aromatic carbocycles. The number of carbonyl (C=O) groups excluding carboxylic acids is 1. The van der Waals surface area contributed by atoms with Crippen molar-refractivity contribution in [2.24, 2.45) is 4.99 Å². The van der Waals surface area contributed by atoms with Gasteiger partial charge in [0.15, 0.2) is 5.17 Å². The monoisotopic (exact) mass is 433 g/mol. The Morgan fingerprint density at radius 2 is 1.83 bits per heavy atom. The van der Waals surface area contributed by atoms with Crippen molar-refractivity contribution in [3.05, 3.63) is 93.6 Å². The minimum atomic E-state index is -0.0918. The average Bonchev–Trinajstić information content (AvgIpc) is 3.07. The number of nitrogens with zero attached hydrogens (tertiary/aromatic N) is 3. The quantitative estimate of drug-likeness (QED) is 0.440. The number of aromatic nitrogens is 1. The lowest BCUT2D eigenvalue weighted by atomic mass is 10.0. The molecular weight excluding hydrogens is 414 g/mol. The molecule has 0 radical (unpaired) electrons. The van der Waals surface area contributed by atoms with Crippen LogP contribution in [0.15, 0.2) is 76.9 Å². The number of anilines is 1. The number of para-hydroxylation sites is 1. The Bertz CT molecular complexity index is 1190. The summed E-state index contributed by atoms with van der Waals surface area (Å²) in [5, 5.41) is 1.01. The van der Waals surface area contributed by atoms with E-state index in [2.05, 4.69) is 37.0 Å². The van der Waals surface area contributed by atoms with Crippen LogP contribution in [0.4, 0.5) is 11.4 Å². The lowest BCUT2D eigenvalue weighted by Crippen LogP contribution is -2.28. The van der Waals surface area contributed by atoms with Gasteiger partial charge in [-0.25, -0.2) is 4.99 Å². The lowest BCUT2D eigenvalue weighted by molar-refractivity contribution is -0.113. The highest BCUT2D eigenvalue weighted by atomic mass is 35.5. The van der Waals surface area contributed by atoms with Crippen LogP contribution in [0.2, 0.25) is 5.02 Å². The van der Waals surface area contributed by atoms with Gasteiger partial charge in [-0.2, -0.15) is 0 Å². The molecule has 3 aromatic rings. The normalized spacial score (nSPS) is 17.0. The fourth-order valence-corrected chi connectivity index (χ4v) is 4.37. The van der Waals surface area contributed by atoms with E-state index in [1.54, 1.807) is 23.4 Å². The second-order valence-electron chi connectivity index (χ2n) is 7.05. The highest BCUT2D eigenvalue weighted by Gasteiger charge is 2.36. The third kappa shape index (κ3) is 3.91. The van der Waals surface area contributed by atoms with Crippen LogP contribution in [0, 0.1) is 13.8 Å². The number of hydrogen-bond acceptors (Lipinski definition) is 4. The molecule has 0 unspecified atom stereocenters. The molecule has 4 nitrogen and oxygen atoms in total. The van der Waals surface area contributed by atoms with Gasteiger partial charge in [0.25, 0.3) is 5.91 Å². The third-order valence-electron chi connectivity index (χ3n) is 5.04. The summed E-state index contributed by atoms with van der Waals surface area (Å²) in [5.74, 6) is -0.0918. The Hall–Kier alpha value is -2.89. The number of thioether (sulfide) groups is 1. The van der Waals surface area contributed by atoms with Crippen molar-refractivity contribution >= 4 is 51.4 Å². The van der Waals surface area contributed by atoms with Crippen LogP contribution < -0.4 is 4.90 Å². The van der Waals surface area contributed by atoms with Gasteiger partial charge in [0.2, 0.25) is 0 Å². The number of amidine groups is 1. The van der Waals surface area contributed by atoms with Gasteiger partial charge in [-0.05, 0) is 73.0 Å². The van der Waals surface area contributed by atoms with Crippen molar-refractivity contribution in [2.75, 3.05) is 4.90 Å². The molecule has 1 aliphatic heterocycles. The largest absolute Gasteiger partial charge is 0.271 e. The van der Waals surface area contributed by atoms with Gasteiger partial charge >= 0.3 is 0 Å². The molecule has 1 saturated heterocycles. The van der Waals surface area contributed by atoms with E-state index in [1.165, 1.54) is 22.9 Å². The summed E-state index contributed by atoms with van der Waals surface area (Å²) >= 11 is 7.63. The number of amides is 1. The first-order valence-corrected chi connectivity index (χ1v) is 10.7. The molecule has 1 amide bonds. The first-order chi connectivity index (χ1) is 14.5. The zero-order valence-electron chi connectivity index (χ0n) is 16.9. The van der Waals surface area contributed by atoms with Gasteiger partial charge in [0.1, 0.15) is 0 Å². The van der Waals surface area contributed by atoms with Crippen molar-refractivity contribution < 1.29 is 4.79 Å². The standard InChI is InChI=1S/C24H20ClN3OS/c1-15-9-10-18(13-16(15)2)17(3)22-23(29)28(19-7-5-4-6-8-19)24(30-22)27-21-11-12-26-14-20(21)25/h4-14H,1-3H3/b22-17-,27-24?. The molecule has 6 heteroatoms. The van der Waals surface area contributed by atoms with Crippen LogP contribution in [0.5, 0.6) is 0 Å². The van der Waals surface area contributed by atoms with Gasteiger partial charge in [-0.3, -0.25) is 14.7 Å². The van der Waals surface area contributed by atoms with Gasteiger partial charge in [-0.15, -0.1) is 0 Å². The topological polar surface area (TPSA) is 45.6 Å². The Labute approximate surface area is 185 Å². The number of allylic oxidation sites excluding steroid dienone is 1. The number of rotatable bonds is 3. The molecule has 2 heterocycles. The Balaban J connectivity index is 1.84. The summed E-state index contributed by atoms with van der Waals surface area (Å²) in [7, 11) is 0. The van der Waals surface area contributed by atoms with E-state index < -0.39 is 0 Å². The molecule has 1 aromatic heterocycles. The average molecular weight is 434 g/mol. The summed E-state index contributed by atoms with van der Waals surface area (Å²) in [5.41, 5.74) is 5.72. The molecular formula is C24H20ClN3OS. The van der Waals surface area contributed by atoms with E-state index in [0.717, 1.165) is 16.8 Å². The number of halogens is 1.